The molecule has 0 N–H and O–H groups in total. The second-order valence-electron chi connectivity index (χ2n) is 5.78. The summed E-state index contributed by atoms with van der Waals surface area (Å²) in [7, 11) is 0. The summed E-state index contributed by atoms with van der Waals surface area (Å²) in [6.07, 6.45) is 1.26. The summed E-state index contributed by atoms with van der Waals surface area (Å²) in [6.45, 7) is -0.419. The van der Waals surface area contributed by atoms with E-state index >= 15 is 0 Å². The number of Topliss-reactive ketones (excluding diaryl/α,β-unsaturated/α-hetero) is 1. The van der Waals surface area contributed by atoms with Gasteiger partial charge in [-0.3, -0.25) is 29.4 Å². The second-order valence-corrected chi connectivity index (χ2v) is 8.50. The van der Waals surface area contributed by atoms with E-state index in [9.17, 15) is 24.5 Å². The van der Waals surface area contributed by atoms with Crippen molar-refractivity contribution in [1.82, 2.24) is 4.90 Å². The number of thioether (sulfide) groups is 1. The van der Waals surface area contributed by atoms with Crippen molar-refractivity contribution >= 4 is 79.6 Å². The van der Waals surface area contributed by atoms with E-state index in [1.165, 1.54) is 12.1 Å². The first-order valence-electron chi connectivity index (χ1n) is 7.85. The molecule has 2 amide bonds. The van der Waals surface area contributed by atoms with Crippen LogP contribution in [0.1, 0.15) is 15.9 Å². The van der Waals surface area contributed by atoms with E-state index in [0.29, 0.717) is 17.3 Å². The van der Waals surface area contributed by atoms with Gasteiger partial charge in [-0.15, -0.1) is 0 Å². The molecule has 7 nitrogen and oxygen atoms in total. The van der Waals surface area contributed by atoms with Gasteiger partial charge in [0, 0.05) is 26.7 Å². The third-order valence-corrected chi connectivity index (χ3v) is 5.96. The number of benzene rings is 2. The molecule has 3 rings (SSSR count). The maximum absolute atomic E-state index is 12.6. The minimum absolute atomic E-state index is 0.00266. The van der Waals surface area contributed by atoms with Crippen molar-refractivity contribution in [3.63, 3.8) is 0 Å². The number of nitrogens with zero attached hydrogens (tertiary/aromatic N) is 2. The van der Waals surface area contributed by atoms with Crippen LogP contribution in [-0.4, -0.2) is 33.3 Å². The molecular formula is C18H9BrCl2N2O5S. The highest BCUT2D eigenvalue weighted by Crippen LogP contribution is 2.36. The molecule has 11 heteroatoms. The van der Waals surface area contributed by atoms with Crippen molar-refractivity contribution in [3.8, 4) is 0 Å². The Morgan fingerprint density at radius 1 is 1.17 bits per heavy atom. The number of amides is 2. The number of nitro benzene ring substituents is 1. The van der Waals surface area contributed by atoms with E-state index in [0.717, 1.165) is 15.4 Å². The van der Waals surface area contributed by atoms with Gasteiger partial charge in [-0.05, 0) is 36.0 Å². The molecule has 1 fully saturated rings. The summed E-state index contributed by atoms with van der Waals surface area (Å²) in [6, 6.07) is 8.81. The number of carbonyl (C=O) groups is 3. The molecule has 1 heterocycles. The molecule has 1 aliphatic heterocycles. The van der Waals surface area contributed by atoms with Gasteiger partial charge in [0.2, 0.25) is 0 Å². The first-order valence-corrected chi connectivity index (χ1v) is 10.2. The predicted octanol–water partition coefficient (Wildman–Crippen LogP) is 5.58. The lowest BCUT2D eigenvalue weighted by Gasteiger charge is -2.11. The number of halogens is 3. The molecule has 1 aliphatic rings. The van der Waals surface area contributed by atoms with Gasteiger partial charge in [0.05, 0.1) is 16.4 Å². The number of imide groups is 1. The zero-order valence-corrected chi connectivity index (χ0v) is 18.1. The Kier molecular flexibility index (Phi) is 6.42. The van der Waals surface area contributed by atoms with E-state index in [2.05, 4.69) is 15.9 Å². The highest BCUT2D eigenvalue weighted by Gasteiger charge is 2.36. The van der Waals surface area contributed by atoms with Crippen molar-refractivity contribution in [1.29, 1.82) is 0 Å². The molecule has 2 aromatic rings. The van der Waals surface area contributed by atoms with Crippen molar-refractivity contribution in [2.24, 2.45) is 0 Å². The van der Waals surface area contributed by atoms with E-state index in [-0.39, 0.29) is 26.2 Å². The third kappa shape index (κ3) is 4.69. The fourth-order valence-corrected chi connectivity index (χ4v) is 4.05. The molecule has 0 atom stereocenters. The van der Waals surface area contributed by atoms with Crippen LogP contribution in [-0.2, 0) is 4.79 Å². The van der Waals surface area contributed by atoms with Crippen molar-refractivity contribution in [2.75, 3.05) is 6.54 Å². The van der Waals surface area contributed by atoms with Gasteiger partial charge < -0.3 is 0 Å². The second kappa shape index (κ2) is 8.66. The van der Waals surface area contributed by atoms with Gasteiger partial charge in [0.25, 0.3) is 16.8 Å². The van der Waals surface area contributed by atoms with E-state index in [1.54, 1.807) is 24.3 Å². The van der Waals surface area contributed by atoms with Crippen LogP contribution in [0, 0.1) is 10.1 Å². The van der Waals surface area contributed by atoms with E-state index in [4.69, 9.17) is 23.2 Å². The molecule has 0 aromatic heterocycles. The zero-order valence-electron chi connectivity index (χ0n) is 14.2. The fraction of sp³-hybridized carbons (Fsp3) is 0.0556. The van der Waals surface area contributed by atoms with Crippen LogP contribution in [0.25, 0.3) is 6.08 Å². The smallest absolute Gasteiger partial charge is 0.292 e. The zero-order chi connectivity index (χ0) is 21.3. The Hall–Kier alpha value is -2.20. The van der Waals surface area contributed by atoms with Crippen LogP contribution >= 0.6 is 50.9 Å². The van der Waals surface area contributed by atoms with Crippen LogP contribution in [0.2, 0.25) is 10.0 Å². The third-order valence-electron chi connectivity index (χ3n) is 3.89. The average Bonchev–Trinajstić information content (AvgIpc) is 2.91. The van der Waals surface area contributed by atoms with Crippen molar-refractivity contribution < 1.29 is 19.3 Å². The summed E-state index contributed by atoms with van der Waals surface area (Å²) < 4.78 is 0.789. The first kappa shape index (κ1) is 21.5. The lowest BCUT2D eigenvalue weighted by atomic mass is 10.1. The predicted molar refractivity (Wildman–Crippen MR) is 114 cm³/mol. The van der Waals surface area contributed by atoms with Gasteiger partial charge in [-0.25, -0.2) is 0 Å². The lowest BCUT2D eigenvalue weighted by molar-refractivity contribution is -0.384. The maximum Gasteiger partial charge on any atom is 0.293 e. The molecule has 0 spiro atoms. The largest absolute Gasteiger partial charge is 0.293 e. The molecule has 0 bridgehead atoms. The Bertz CT molecular complexity index is 1090. The van der Waals surface area contributed by atoms with Crippen LogP contribution in [0.3, 0.4) is 0 Å². The molecule has 148 valence electrons. The molecule has 2 aromatic carbocycles. The van der Waals surface area contributed by atoms with Crippen LogP contribution < -0.4 is 0 Å². The van der Waals surface area contributed by atoms with Crippen LogP contribution in [0.5, 0.6) is 0 Å². The number of carbonyl (C=O) groups excluding carboxylic acids is 3. The molecule has 29 heavy (non-hydrogen) atoms. The molecule has 0 aliphatic carbocycles. The van der Waals surface area contributed by atoms with Crippen molar-refractivity contribution in [3.05, 3.63) is 77.1 Å². The summed E-state index contributed by atoms with van der Waals surface area (Å²) in [5, 5.41) is 10.4. The monoisotopic (exact) mass is 514 g/mol. The molecule has 0 unspecified atom stereocenters. The quantitative estimate of drug-likeness (QED) is 0.223. The highest BCUT2D eigenvalue weighted by molar-refractivity contribution is 9.10. The van der Waals surface area contributed by atoms with Gasteiger partial charge in [0.1, 0.15) is 5.02 Å². The number of ketones is 1. The number of hydrogen-bond acceptors (Lipinski definition) is 6. The molecule has 0 radical (unpaired) electrons. The number of nitro groups is 1. The minimum Gasteiger partial charge on any atom is -0.292 e. The van der Waals surface area contributed by atoms with Crippen LogP contribution in [0.15, 0.2) is 45.8 Å². The minimum atomic E-state index is -0.682. The Labute approximate surface area is 186 Å². The SMILES string of the molecule is O=C(CN1C(=O)S/C(=C\c2cc([N+](=O)[O-])c(Cl)cc2Cl)C1=O)c1ccc(Br)cc1. The van der Waals surface area contributed by atoms with E-state index in [1.807, 2.05) is 0 Å². The highest BCUT2D eigenvalue weighted by atomic mass is 79.9. The average molecular weight is 516 g/mol. The van der Waals surface area contributed by atoms with Gasteiger partial charge >= 0.3 is 0 Å². The Morgan fingerprint density at radius 3 is 2.45 bits per heavy atom. The van der Waals surface area contributed by atoms with Gasteiger partial charge in [-0.2, -0.15) is 0 Å². The lowest BCUT2D eigenvalue weighted by Crippen LogP contribution is -2.33. The summed E-state index contributed by atoms with van der Waals surface area (Å²) in [5.74, 6) is -1.08. The van der Waals surface area contributed by atoms with Gasteiger partial charge in [0.15, 0.2) is 5.78 Å². The number of hydrogen-bond donors (Lipinski definition) is 0. The molecular weight excluding hydrogens is 507 g/mol. The normalized spacial score (nSPS) is 15.3. The Morgan fingerprint density at radius 2 is 1.83 bits per heavy atom. The summed E-state index contributed by atoms with van der Waals surface area (Å²) in [5.41, 5.74) is 0.132. The standard InChI is InChI=1S/C18H9BrCl2N2O5S/c19-11-3-1-9(2-4-11)15(24)8-22-17(25)16(29-18(22)26)6-10-5-14(23(27)28)13(21)7-12(10)20/h1-7H,8H2/b16-6-. The van der Waals surface area contributed by atoms with Crippen LogP contribution in [0.4, 0.5) is 10.5 Å². The summed E-state index contributed by atoms with van der Waals surface area (Å²) in [4.78, 5) is 48.4. The van der Waals surface area contributed by atoms with E-state index < -0.39 is 28.4 Å². The first-order chi connectivity index (χ1) is 13.7. The molecule has 0 saturated carbocycles. The van der Waals surface area contributed by atoms with Crippen molar-refractivity contribution in [2.45, 2.75) is 0 Å². The summed E-state index contributed by atoms with van der Waals surface area (Å²) >= 11 is 15.7. The topological polar surface area (TPSA) is 97.6 Å². The Balaban J connectivity index is 1.85. The fourth-order valence-electron chi connectivity index (χ4n) is 2.45. The molecule has 1 saturated heterocycles. The number of rotatable bonds is 5. The van der Waals surface area contributed by atoms with Gasteiger partial charge in [-0.1, -0.05) is 51.3 Å². The maximum atomic E-state index is 12.6.